The molecular formula is C57H54N8O7S3. The zero-order chi connectivity index (χ0) is 52.4. The van der Waals surface area contributed by atoms with Gasteiger partial charge in [-0.25, -0.2) is 9.59 Å². The first-order valence-electron chi connectivity index (χ1n) is 24.3. The molecule has 382 valence electrons. The number of thioether (sulfide) groups is 2. The van der Waals surface area contributed by atoms with E-state index in [1.54, 1.807) is 18.0 Å². The second-order valence-electron chi connectivity index (χ2n) is 18.4. The van der Waals surface area contributed by atoms with Crippen LogP contribution in [0, 0.1) is 0 Å². The molecule has 75 heavy (non-hydrogen) atoms. The normalized spacial score (nSPS) is 15.7. The van der Waals surface area contributed by atoms with Crippen LogP contribution < -0.4 is 16.4 Å². The molecule has 7 aromatic rings. The summed E-state index contributed by atoms with van der Waals surface area (Å²) in [5, 5.41) is 10.4. The van der Waals surface area contributed by atoms with Crippen molar-refractivity contribution in [3.63, 3.8) is 0 Å². The van der Waals surface area contributed by atoms with Crippen molar-refractivity contribution in [2.45, 2.75) is 73.7 Å². The maximum atomic E-state index is 15.0. The predicted molar refractivity (Wildman–Crippen MR) is 291 cm³/mol. The molecule has 0 aliphatic carbocycles. The Labute approximate surface area is 447 Å². The molecule has 0 radical (unpaired) electrons. The molecule has 4 N–H and O–H groups in total. The Bertz CT molecular complexity index is 3040. The molecule has 9 rings (SSSR count). The molecule has 4 heterocycles. The fourth-order valence-corrected chi connectivity index (χ4v) is 11.3. The number of nitrogen functional groups attached to an aromatic ring is 1. The van der Waals surface area contributed by atoms with Gasteiger partial charge in [0, 0.05) is 62.3 Å². The number of benzene rings is 5. The number of rotatable bonds is 19. The second kappa shape index (κ2) is 23.6. The quantitative estimate of drug-likeness (QED) is 0.0173. The lowest BCUT2D eigenvalue weighted by atomic mass is 9.80. The van der Waals surface area contributed by atoms with Gasteiger partial charge in [0.2, 0.25) is 17.1 Å². The van der Waals surface area contributed by atoms with Crippen molar-refractivity contribution < 1.29 is 33.5 Å². The van der Waals surface area contributed by atoms with Gasteiger partial charge in [0.15, 0.2) is 11.2 Å². The number of allylic oxidation sites excluding steroid dienone is 1. The summed E-state index contributed by atoms with van der Waals surface area (Å²) in [4.78, 5) is 75.4. The summed E-state index contributed by atoms with van der Waals surface area (Å²) in [5.41, 5.74) is 8.35. The van der Waals surface area contributed by atoms with Crippen molar-refractivity contribution in [1.29, 1.82) is 0 Å². The van der Waals surface area contributed by atoms with Crippen molar-refractivity contribution in [2.75, 3.05) is 18.0 Å². The Balaban J connectivity index is 1.02. The van der Waals surface area contributed by atoms with E-state index >= 15 is 4.79 Å². The van der Waals surface area contributed by atoms with Crippen LogP contribution in [-0.4, -0.2) is 78.8 Å². The van der Waals surface area contributed by atoms with Gasteiger partial charge in [0.25, 0.3) is 11.8 Å². The van der Waals surface area contributed by atoms with Gasteiger partial charge < -0.3 is 30.7 Å². The molecule has 0 spiro atoms. The average Bonchev–Trinajstić information content (AvgIpc) is 3.89. The Hall–Kier alpha value is -7.80. The van der Waals surface area contributed by atoms with Crippen LogP contribution in [0.2, 0.25) is 0 Å². The highest BCUT2D eigenvalue weighted by Gasteiger charge is 2.54. The first kappa shape index (κ1) is 52.1. The van der Waals surface area contributed by atoms with Crippen molar-refractivity contribution in [3.05, 3.63) is 220 Å². The largest absolute Gasteiger partial charge is 0.448 e. The molecule has 2 aliphatic heterocycles. The monoisotopic (exact) mass is 1060 g/mol. The number of esters is 1. The molecule has 18 heteroatoms. The molecule has 5 aromatic carbocycles. The molecule has 2 aliphatic rings. The van der Waals surface area contributed by atoms with Gasteiger partial charge in [-0.2, -0.15) is 21.1 Å². The number of pyridine rings is 1. The number of oxime groups is 1. The zero-order valence-corrected chi connectivity index (χ0v) is 43.8. The number of carbonyl (C=O) groups excluding carboxylic acids is 4. The lowest BCUT2D eigenvalue weighted by molar-refractivity contribution is -0.158. The van der Waals surface area contributed by atoms with Gasteiger partial charge in [-0.05, 0) is 56.9 Å². The summed E-state index contributed by atoms with van der Waals surface area (Å²) in [6.07, 6.45) is 1.16. The number of nitrogens with one attached hydrogen (secondary N) is 2. The van der Waals surface area contributed by atoms with E-state index in [0.717, 1.165) is 49.9 Å². The minimum Gasteiger partial charge on any atom is -0.448 e. The van der Waals surface area contributed by atoms with Crippen LogP contribution >= 0.6 is 35.1 Å². The third-order valence-corrected chi connectivity index (χ3v) is 15.0. The second-order valence-corrected chi connectivity index (χ2v) is 21.5. The third-order valence-electron chi connectivity index (χ3n) is 12.2. The van der Waals surface area contributed by atoms with Crippen LogP contribution in [-0.2, 0) is 40.0 Å². The number of ether oxygens (including phenoxy) is 2. The number of alkyl carbamates (subject to hydrolysis) is 1. The molecular weight excluding hydrogens is 1000 g/mol. The standard InChI is InChI=1S/C57H54N8O7S3/c1-56(2,3)71-55(69)60-34-35-73-36-42-44(30-19-33-59-42)74-45-32-31-43-46(52(67)65(43)48(45)53(68)70-49(37-20-9-4-10-21-37)38-22-11-5-12-23-38)61-51(66)47(50-62-54(58)75-64-50)63-72-57(39-24-13-6-14-25-39,40-26-15-7-16-27-40)41-28-17-8-18-29-41/h4-30,33,43,46,49H,31-32,34-36H2,1-3H3,(H,60,69)(H,61,66)(H2,58,62,64)/b63-47-/t43-,46+/m1/s1. The number of aromatic nitrogens is 3. The van der Waals surface area contributed by atoms with Gasteiger partial charge in [0.1, 0.15) is 17.3 Å². The van der Waals surface area contributed by atoms with E-state index in [-0.39, 0.29) is 22.4 Å². The van der Waals surface area contributed by atoms with Crippen LogP contribution in [0.5, 0.6) is 0 Å². The van der Waals surface area contributed by atoms with Gasteiger partial charge in [0.05, 0.1) is 11.7 Å². The fraction of sp³-hybridized carbons (Fsp3) is 0.228. The maximum absolute atomic E-state index is 15.0. The molecule has 1 saturated heterocycles. The van der Waals surface area contributed by atoms with E-state index < -0.39 is 53.3 Å². The highest BCUT2D eigenvalue weighted by atomic mass is 32.2. The Morgan fingerprint density at radius 3 is 1.93 bits per heavy atom. The van der Waals surface area contributed by atoms with Gasteiger partial charge in [-0.3, -0.25) is 19.5 Å². The number of amides is 3. The topological polar surface area (TPSA) is 200 Å². The lowest BCUT2D eigenvalue weighted by Gasteiger charge is -2.50. The Morgan fingerprint density at radius 1 is 0.813 bits per heavy atom. The summed E-state index contributed by atoms with van der Waals surface area (Å²) >= 11 is 3.82. The SMILES string of the molecule is CC(C)(C)OC(=O)NCCSCc1ncccc1SC1=C(C(=O)OC(c2ccccc2)c2ccccc2)N2C(=O)[C@@H](NC(=O)/C(=N\OC(c3ccccc3)(c3ccccc3)c3ccccc3)c3nsc(N)n3)[C@H]2CC1. The minimum atomic E-state index is -1.36. The lowest BCUT2D eigenvalue weighted by Crippen LogP contribution is -2.72. The van der Waals surface area contributed by atoms with Crippen LogP contribution in [0.3, 0.4) is 0 Å². The van der Waals surface area contributed by atoms with Crippen molar-refractivity contribution >= 4 is 69.8 Å². The number of fused-ring (bicyclic) bond motifs is 1. The van der Waals surface area contributed by atoms with Crippen molar-refractivity contribution in [1.82, 2.24) is 29.9 Å². The molecule has 0 bridgehead atoms. The van der Waals surface area contributed by atoms with Crippen molar-refractivity contribution in [3.8, 4) is 0 Å². The summed E-state index contributed by atoms with van der Waals surface area (Å²) in [6, 6.07) is 49.5. The molecule has 0 saturated carbocycles. The predicted octanol–water partition coefficient (Wildman–Crippen LogP) is 9.81. The molecule has 2 atom stereocenters. The molecule has 2 aromatic heterocycles. The van der Waals surface area contributed by atoms with E-state index in [0.29, 0.717) is 35.8 Å². The van der Waals surface area contributed by atoms with E-state index in [9.17, 15) is 14.4 Å². The van der Waals surface area contributed by atoms with Gasteiger partial charge >= 0.3 is 12.1 Å². The summed E-state index contributed by atoms with van der Waals surface area (Å²) in [7, 11) is 0. The number of hydrogen-bond donors (Lipinski definition) is 3. The molecule has 3 amide bonds. The maximum Gasteiger partial charge on any atom is 0.407 e. The smallest absolute Gasteiger partial charge is 0.407 e. The summed E-state index contributed by atoms with van der Waals surface area (Å²) in [6.45, 7) is 5.82. The zero-order valence-electron chi connectivity index (χ0n) is 41.3. The third kappa shape index (κ3) is 12.1. The number of anilines is 1. The minimum absolute atomic E-state index is 0.0807. The van der Waals surface area contributed by atoms with E-state index in [1.807, 2.05) is 185 Å². The Kier molecular flexibility index (Phi) is 16.4. The average molecular weight is 1060 g/mol. The number of hydrogen-bond acceptors (Lipinski definition) is 15. The van der Waals surface area contributed by atoms with Crippen LogP contribution in [0.1, 0.15) is 79.1 Å². The number of nitrogens with two attached hydrogens (primary N) is 1. The number of carbonyl (C=O) groups is 4. The molecule has 15 nitrogen and oxygen atoms in total. The van der Waals surface area contributed by atoms with Crippen LogP contribution in [0.15, 0.2) is 191 Å². The van der Waals surface area contributed by atoms with Crippen molar-refractivity contribution in [2.24, 2.45) is 5.16 Å². The van der Waals surface area contributed by atoms with Gasteiger partial charge in [-0.15, -0.1) is 0 Å². The van der Waals surface area contributed by atoms with E-state index in [2.05, 4.69) is 25.1 Å². The van der Waals surface area contributed by atoms with Crippen LogP contribution in [0.25, 0.3) is 0 Å². The number of nitrogens with zero attached hydrogens (tertiary/aromatic N) is 5. The van der Waals surface area contributed by atoms with E-state index in [4.69, 9.17) is 25.0 Å². The van der Waals surface area contributed by atoms with Crippen LogP contribution in [0.4, 0.5) is 9.93 Å². The van der Waals surface area contributed by atoms with Gasteiger partial charge in [-0.1, -0.05) is 169 Å². The Morgan fingerprint density at radius 2 is 1.39 bits per heavy atom. The highest BCUT2D eigenvalue weighted by Crippen LogP contribution is 2.46. The molecule has 0 unspecified atom stereocenters. The first-order valence-corrected chi connectivity index (χ1v) is 27.0. The first-order chi connectivity index (χ1) is 36.4. The summed E-state index contributed by atoms with van der Waals surface area (Å²) < 4.78 is 16.2. The highest BCUT2D eigenvalue weighted by molar-refractivity contribution is 8.03. The van der Waals surface area contributed by atoms with E-state index in [1.165, 1.54) is 16.7 Å². The fourth-order valence-electron chi connectivity index (χ4n) is 8.85. The number of β-lactam (4-membered cyclic amide) rings is 1. The molecule has 1 fully saturated rings. The summed E-state index contributed by atoms with van der Waals surface area (Å²) in [5.74, 6) is -1.00.